The maximum Gasteiger partial charge on any atom is 0.226 e. The van der Waals surface area contributed by atoms with Crippen LogP contribution >= 0.6 is 0 Å². The Balaban J connectivity index is 1.81. The Bertz CT molecular complexity index is 303. The van der Waals surface area contributed by atoms with E-state index in [2.05, 4.69) is 5.32 Å². The van der Waals surface area contributed by atoms with Crippen molar-refractivity contribution in [3.8, 4) is 0 Å². The molecule has 2 aliphatic rings. The second-order valence-corrected chi connectivity index (χ2v) is 5.70. The molecule has 1 aliphatic carbocycles. The highest BCUT2D eigenvalue weighted by atomic mass is 16.5. The average molecular weight is 256 g/mol. The molecule has 1 spiro atoms. The summed E-state index contributed by atoms with van der Waals surface area (Å²) >= 11 is 0. The maximum atomic E-state index is 12.3. The summed E-state index contributed by atoms with van der Waals surface area (Å²) in [6.07, 6.45) is 2.65. The van der Waals surface area contributed by atoms with Crippen molar-refractivity contribution in [1.29, 1.82) is 0 Å². The molecule has 2 atom stereocenters. The first-order valence-corrected chi connectivity index (χ1v) is 6.72. The average Bonchev–Trinajstić information content (AvgIpc) is 3.03. The van der Waals surface area contributed by atoms with E-state index in [0.717, 1.165) is 32.4 Å². The van der Waals surface area contributed by atoms with Gasteiger partial charge in [0.05, 0.1) is 12.7 Å². The Labute approximate surface area is 108 Å². The SMILES string of the molecule is COCC(O)CN(C)C(=O)C1CC12CCNCC2. The molecule has 2 N–H and O–H groups in total. The minimum atomic E-state index is -0.591. The lowest BCUT2D eigenvalue weighted by molar-refractivity contribution is -0.134. The van der Waals surface area contributed by atoms with Crippen molar-refractivity contribution < 1.29 is 14.6 Å². The van der Waals surface area contributed by atoms with Crippen LogP contribution in [0.4, 0.5) is 0 Å². The smallest absolute Gasteiger partial charge is 0.226 e. The molecule has 0 radical (unpaired) electrons. The van der Waals surface area contributed by atoms with Crippen LogP contribution in [0.3, 0.4) is 0 Å². The fourth-order valence-electron chi connectivity index (χ4n) is 3.09. The number of hydrogen-bond acceptors (Lipinski definition) is 4. The molecule has 5 heteroatoms. The number of aliphatic hydroxyl groups excluding tert-OH is 1. The number of rotatable bonds is 5. The standard InChI is InChI=1S/C13H24N2O3/c1-15(8-10(16)9-18-2)12(17)11-7-13(11)3-5-14-6-4-13/h10-11,14,16H,3-9H2,1-2H3. The number of aliphatic hydroxyl groups is 1. The minimum Gasteiger partial charge on any atom is -0.389 e. The van der Waals surface area contributed by atoms with Gasteiger partial charge in [-0.05, 0) is 37.8 Å². The van der Waals surface area contributed by atoms with Crippen molar-refractivity contribution in [3.05, 3.63) is 0 Å². The lowest BCUT2D eigenvalue weighted by Gasteiger charge is -2.26. The van der Waals surface area contributed by atoms with E-state index in [-0.39, 0.29) is 23.8 Å². The molecule has 0 aromatic carbocycles. The van der Waals surface area contributed by atoms with Crippen LogP contribution in [0.5, 0.6) is 0 Å². The van der Waals surface area contributed by atoms with Crippen LogP contribution in [-0.4, -0.2) is 62.4 Å². The van der Waals surface area contributed by atoms with E-state index >= 15 is 0 Å². The summed E-state index contributed by atoms with van der Waals surface area (Å²) in [6.45, 7) is 2.69. The number of amides is 1. The monoisotopic (exact) mass is 256 g/mol. The second kappa shape index (κ2) is 5.55. The van der Waals surface area contributed by atoms with E-state index in [1.807, 2.05) is 0 Å². The topological polar surface area (TPSA) is 61.8 Å². The molecule has 18 heavy (non-hydrogen) atoms. The first-order valence-electron chi connectivity index (χ1n) is 6.72. The fraction of sp³-hybridized carbons (Fsp3) is 0.923. The van der Waals surface area contributed by atoms with E-state index in [4.69, 9.17) is 4.74 Å². The highest BCUT2D eigenvalue weighted by molar-refractivity contribution is 5.82. The Morgan fingerprint density at radius 2 is 2.22 bits per heavy atom. The summed E-state index contributed by atoms with van der Waals surface area (Å²) in [5, 5.41) is 13.0. The molecule has 2 rings (SSSR count). The first-order chi connectivity index (χ1) is 8.59. The van der Waals surface area contributed by atoms with Crippen LogP contribution in [0.15, 0.2) is 0 Å². The number of nitrogens with zero attached hydrogens (tertiary/aromatic N) is 1. The van der Waals surface area contributed by atoms with Gasteiger partial charge >= 0.3 is 0 Å². The zero-order chi connectivity index (χ0) is 13.2. The lowest BCUT2D eigenvalue weighted by atomic mass is 9.91. The predicted molar refractivity (Wildman–Crippen MR) is 68.2 cm³/mol. The Kier molecular flexibility index (Phi) is 4.25. The molecule has 5 nitrogen and oxygen atoms in total. The Morgan fingerprint density at radius 3 is 2.83 bits per heavy atom. The quantitative estimate of drug-likeness (QED) is 0.717. The largest absolute Gasteiger partial charge is 0.389 e. The normalized spacial score (nSPS) is 26.9. The zero-order valence-corrected chi connectivity index (χ0v) is 11.3. The van der Waals surface area contributed by atoms with E-state index in [0.29, 0.717) is 6.54 Å². The number of ether oxygens (including phenoxy) is 1. The Morgan fingerprint density at radius 1 is 1.56 bits per heavy atom. The van der Waals surface area contributed by atoms with Crippen molar-refractivity contribution in [1.82, 2.24) is 10.2 Å². The number of hydrogen-bond donors (Lipinski definition) is 2. The molecule has 1 amide bonds. The molecule has 1 saturated carbocycles. The Hall–Kier alpha value is -0.650. The molecule has 104 valence electrons. The van der Waals surface area contributed by atoms with E-state index in [9.17, 15) is 9.90 Å². The van der Waals surface area contributed by atoms with Gasteiger partial charge in [-0.3, -0.25) is 4.79 Å². The van der Waals surface area contributed by atoms with Crippen LogP contribution in [-0.2, 0) is 9.53 Å². The van der Waals surface area contributed by atoms with Gasteiger partial charge in [-0.1, -0.05) is 0 Å². The summed E-state index contributed by atoms with van der Waals surface area (Å²) in [4.78, 5) is 13.9. The molecule has 1 saturated heterocycles. The van der Waals surface area contributed by atoms with E-state index in [1.165, 1.54) is 0 Å². The molecular formula is C13H24N2O3. The van der Waals surface area contributed by atoms with Gasteiger partial charge in [0, 0.05) is 26.6 Å². The molecule has 1 aliphatic heterocycles. The molecule has 2 unspecified atom stereocenters. The molecule has 2 fully saturated rings. The van der Waals surface area contributed by atoms with Crippen LogP contribution in [0.25, 0.3) is 0 Å². The number of nitrogens with one attached hydrogen (secondary N) is 1. The molecule has 1 heterocycles. The van der Waals surface area contributed by atoms with Crippen molar-refractivity contribution in [2.75, 3.05) is 40.4 Å². The fourth-order valence-corrected chi connectivity index (χ4v) is 3.09. The third-order valence-corrected chi connectivity index (χ3v) is 4.31. The number of carbonyl (C=O) groups is 1. The predicted octanol–water partition coefficient (Wildman–Crippen LogP) is -0.158. The third kappa shape index (κ3) is 2.84. The lowest BCUT2D eigenvalue weighted by Crippen LogP contribution is -2.39. The summed E-state index contributed by atoms with van der Waals surface area (Å²) in [7, 11) is 3.32. The summed E-state index contributed by atoms with van der Waals surface area (Å²) in [6, 6.07) is 0. The van der Waals surface area contributed by atoms with Gasteiger partial charge in [0.15, 0.2) is 0 Å². The molecule has 0 aromatic rings. The number of likely N-dealkylation sites (N-methyl/N-ethyl adjacent to an activating group) is 1. The van der Waals surface area contributed by atoms with Gasteiger partial charge in [0.1, 0.15) is 0 Å². The van der Waals surface area contributed by atoms with Crippen LogP contribution in [0, 0.1) is 11.3 Å². The van der Waals surface area contributed by atoms with Crippen molar-refractivity contribution in [2.45, 2.75) is 25.4 Å². The zero-order valence-electron chi connectivity index (χ0n) is 11.3. The van der Waals surface area contributed by atoms with Crippen LogP contribution in [0.2, 0.25) is 0 Å². The van der Waals surface area contributed by atoms with Crippen LogP contribution in [0.1, 0.15) is 19.3 Å². The highest BCUT2D eigenvalue weighted by Crippen LogP contribution is 2.59. The number of piperidine rings is 1. The van der Waals surface area contributed by atoms with Gasteiger partial charge in [-0.15, -0.1) is 0 Å². The van der Waals surface area contributed by atoms with Gasteiger partial charge in [-0.2, -0.15) is 0 Å². The van der Waals surface area contributed by atoms with Crippen molar-refractivity contribution in [3.63, 3.8) is 0 Å². The first kappa shape index (κ1) is 13.8. The number of carbonyl (C=O) groups excluding carboxylic acids is 1. The summed E-state index contributed by atoms with van der Waals surface area (Å²) < 4.78 is 4.87. The van der Waals surface area contributed by atoms with Gasteiger partial charge in [-0.25, -0.2) is 0 Å². The van der Waals surface area contributed by atoms with E-state index < -0.39 is 6.10 Å². The minimum absolute atomic E-state index is 0.180. The van der Waals surface area contributed by atoms with Crippen molar-refractivity contribution >= 4 is 5.91 Å². The van der Waals surface area contributed by atoms with Gasteiger partial charge < -0.3 is 20.1 Å². The molecule has 0 bridgehead atoms. The van der Waals surface area contributed by atoms with Gasteiger partial charge in [0.25, 0.3) is 0 Å². The third-order valence-electron chi connectivity index (χ3n) is 4.31. The van der Waals surface area contributed by atoms with Crippen LogP contribution < -0.4 is 5.32 Å². The number of methoxy groups -OCH3 is 1. The van der Waals surface area contributed by atoms with Crippen molar-refractivity contribution in [2.24, 2.45) is 11.3 Å². The summed E-state index contributed by atoms with van der Waals surface area (Å²) in [5.74, 6) is 0.367. The second-order valence-electron chi connectivity index (χ2n) is 5.70. The molecule has 0 aromatic heterocycles. The van der Waals surface area contributed by atoms with E-state index in [1.54, 1.807) is 19.1 Å². The maximum absolute atomic E-state index is 12.3. The molecular weight excluding hydrogens is 232 g/mol. The van der Waals surface area contributed by atoms with Gasteiger partial charge in [0.2, 0.25) is 5.91 Å². The highest BCUT2D eigenvalue weighted by Gasteiger charge is 2.58. The summed E-state index contributed by atoms with van der Waals surface area (Å²) in [5.41, 5.74) is 0.267.